The van der Waals surface area contributed by atoms with Crippen molar-refractivity contribution in [3.05, 3.63) is 29.8 Å². The van der Waals surface area contributed by atoms with Crippen molar-refractivity contribution < 1.29 is 23.1 Å². The number of ether oxygens (including phenoxy) is 1. The third-order valence-corrected chi connectivity index (χ3v) is 3.81. The summed E-state index contributed by atoms with van der Waals surface area (Å²) in [6.45, 7) is 2.88. The highest BCUT2D eigenvalue weighted by Gasteiger charge is 2.13. The molecule has 0 bridgehead atoms. The minimum Gasteiger partial charge on any atom is -0.481 e. The van der Waals surface area contributed by atoms with Crippen LogP contribution in [-0.4, -0.2) is 39.3 Å². The predicted molar refractivity (Wildman–Crippen MR) is 69.5 cm³/mol. The molecular formula is C12H17NO5S. The molecule has 0 atom stereocenters. The normalized spacial score (nSPS) is 11.4. The zero-order valence-corrected chi connectivity index (χ0v) is 11.4. The number of hydrogen-bond donors (Lipinski definition) is 2. The fourth-order valence-electron chi connectivity index (χ4n) is 1.44. The Morgan fingerprint density at radius 2 is 1.95 bits per heavy atom. The molecule has 1 aromatic carbocycles. The highest BCUT2D eigenvalue weighted by Crippen LogP contribution is 2.10. The number of carboxylic acids is 1. The Kier molecular flexibility index (Phi) is 5.94. The maximum absolute atomic E-state index is 11.8. The van der Waals surface area contributed by atoms with Gasteiger partial charge in [-0.3, -0.25) is 4.79 Å². The van der Waals surface area contributed by atoms with Gasteiger partial charge in [-0.25, -0.2) is 13.1 Å². The number of aliphatic carboxylic acids is 1. The summed E-state index contributed by atoms with van der Waals surface area (Å²) in [6.07, 6.45) is -0.127. The average molecular weight is 287 g/mol. The van der Waals surface area contributed by atoms with Crippen molar-refractivity contribution in [2.45, 2.75) is 18.2 Å². The Morgan fingerprint density at radius 1 is 1.32 bits per heavy atom. The third-order valence-electron chi connectivity index (χ3n) is 2.33. The molecule has 7 heteroatoms. The Bertz CT molecular complexity index is 509. The molecule has 19 heavy (non-hydrogen) atoms. The van der Waals surface area contributed by atoms with Gasteiger partial charge in [-0.1, -0.05) is 12.1 Å². The smallest absolute Gasteiger partial charge is 0.307 e. The van der Waals surface area contributed by atoms with Gasteiger partial charge in [0.2, 0.25) is 10.0 Å². The fourth-order valence-corrected chi connectivity index (χ4v) is 2.45. The lowest BCUT2D eigenvalue weighted by atomic mass is 10.2. The Balaban J connectivity index is 2.65. The summed E-state index contributed by atoms with van der Waals surface area (Å²) in [5.41, 5.74) is 0.556. The molecule has 0 saturated carbocycles. The molecule has 1 aromatic rings. The number of nitrogens with one attached hydrogen (secondary N) is 1. The Morgan fingerprint density at radius 3 is 2.47 bits per heavy atom. The SMILES string of the molecule is CCOCCNS(=O)(=O)c1ccc(CC(=O)O)cc1. The van der Waals surface area contributed by atoms with Crippen LogP contribution in [0.15, 0.2) is 29.2 Å². The summed E-state index contributed by atoms with van der Waals surface area (Å²) in [6, 6.07) is 5.76. The first kappa shape index (κ1) is 15.6. The Labute approximate surface area is 112 Å². The molecule has 0 aromatic heterocycles. The number of rotatable bonds is 8. The first-order chi connectivity index (χ1) is 8.95. The van der Waals surface area contributed by atoms with E-state index in [-0.39, 0.29) is 17.9 Å². The van der Waals surface area contributed by atoms with Gasteiger partial charge in [0.05, 0.1) is 17.9 Å². The first-order valence-electron chi connectivity index (χ1n) is 5.84. The predicted octanol–water partition coefficient (Wildman–Crippen LogP) is 0.628. The van der Waals surface area contributed by atoms with E-state index in [1.54, 1.807) is 0 Å². The zero-order valence-electron chi connectivity index (χ0n) is 10.6. The van der Waals surface area contributed by atoms with Gasteiger partial charge < -0.3 is 9.84 Å². The maximum Gasteiger partial charge on any atom is 0.307 e. The molecule has 0 heterocycles. The molecule has 0 spiro atoms. The van der Waals surface area contributed by atoms with Crippen LogP contribution in [0.25, 0.3) is 0 Å². The minimum atomic E-state index is -3.56. The summed E-state index contributed by atoms with van der Waals surface area (Å²) < 4.78 is 31.1. The number of carbonyl (C=O) groups is 1. The maximum atomic E-state index is 11.8. The highest BCUT2D eigenvalue weighted by molar-refractivity contribution is 7.89. The second kappa shape index (κ2) is 7.22. The van der Waals surface area contributed by atoms with Crippen LogP contribution in [0.5, 0.6) is 0 Å². The minimum absolute atomic E-state index is 0.109. The standard InChI is InChI=1S/C12H17NO5S/c1-2-18-8-7-13-19(16,17)11-5-3-10(4-6-11)9-12(14)15/h3-6,13H,2,7-9H2,1H3,(H,14,15). The van der Waals surface area contributed by atoms with E-state index in [0.717, 1.165) is 0 Å². The van der Waals surface area contributed by atoms with E-state index >= 15 is 0 Å². The molecule has 106 valence electrons. The molecule has 0 saturated heterocycles. The van der Waals surface area contributed by atoms with E-state index < -0.39 is 16.0 Å². The second-order valence-corrected chi connectivity index (χ2v) is 5.58. The Hall–Kier alpha value is -1.44. The quantitative estimate of drug-likeness (QED) is 0.684. The molecule has 0 amide bonds. The van der Waals surface area contributed by atoms with Gasteiger partial charge in [0.1, 0.15) is 0 Å². The summed E-state index contributed by atoms with van der Waals surface area (Å²) in [5.74, 6) is -0.953. The van der Waals surface area contributed by atoms with E-state index in [9.17, 15) is 13.2 Å². The number of benzene rings is 1. The molecule has 0 unspecified atom stereocenters. The van der Waals surface area contributed by atoms with Gasteiger partial charge in [0, 0.05) is 13.2 Å². The number of hydrogen-bond acceptors (Lipinski definition) is 4. The highest BCUT2D eigenvalue weighted by atomic mass is 32.2. The van der Waals surface area contributed by atoms with E-state index in [1.807, 2.05) is 6.92 Å². The molecule has 2 N–H and O–H groups in total. The monoisotopic (exact) mass is 287 g/mol. The van der Waals surface area contributed by atoms with Crippen LogP contribution >= 0.6 is 0 Å². The van der Waals surface area contributed by atoms with Gasteiger partial charge in [-0.05, 0) is 24.6 Å². The fraction of sp³-hybridized carbons (Fsp3) is 0.417. The lowest BCUT2D eigenvalue weighted by molar-refractivity contribution is -0.136. The van der Waals surface area contributed by atoms with Crippen LogP contribution in [0.4, 0.5) is 0 Å². The number of carboxylic acid groups (broad SMARTS) is 1. The van der Waals surface area contributed by atoms with Crippen molar-refractivity contribution in [2.24, 2.45) is 0 Å². The van der Waals surface area contributed by atoms with Crippen LogP contribution in [0.1, 0.15) is 12.5 Å². The molecule has 0 radical (unpaired) electrons. The summed E-state index contributed by atoms with van der Waals surface area (Å²) in [5, 5.41) is 8.62. The van der Waals surface area contributed by atoms with Crippen molar-refractivity contribution >= 4 is 16.0 Å². The largest absolute Gasteiger partial charge is 0.481 e. The van der Waals surface area contributed by atoms with Crippen molar-refractivity contribution in [3.63, 3.8) is 0 Å². The van der Waals surface area contributed by atoms with Crippen LogP contribution < -0.4 is 4.72 Å². The molecule has 0 fully saturated rings. The second-order valence-electron chi connectivity index (χ2n) is 3.81. The lowest BCUT2D eigenvalue weighted by Gasteiger charge is -2.07. The van der Waals surface area contributed by atoms with Gasteiger partial charge >= 0.3 is 5.97 Å². The number of sulfonamides is 1. The van der Waals surface area contributed by atoms with Gasteiger partial charge in [-0.2, -0.15) is 0 Å². The van der Waals surface area contributed by atoms with Crippen molar-refractivity contribution in [2.75, 3.05) is 19.8 Å². The van der Waals surface area contributed by atoms with E-state index in [0.29, 0.717) is 18.8 Å². The molecule has 6 nitrogen and oxygen atoms in total. The topological polar surface area (TPSA) is 92.7 Å². The van der Waals surface area contributed by atoms with Crippen molar-refractivity contribution in [1.29, 1.82) is 0 Å². The molecule has 1 rings (SSSR count). The summed E-state index contributed by atoms with van der Waals surface area (Å²) in [4.78, 5) is 10.6. The summed E-state index contributed by atoms with van der Waals surface area (Å²) in [7, 11) is -3.56. The van der Waals surface area contributed by atoms with Crippen LogP contribution in [0, 0.1) is 0 Å². The van der Waals surface area contributed by atoms with Gasteiger partial charge in [0.15, 0.2) is 0 Å². The van der Waals surface area contributed by atoms with Crippen LogP contribution in [0.2, 0.25) is 0 Å². The van der Waals surface area contributed by atoms with Gasteiger partial charge in [0.25, 0.3) is 0 Å². The van der Waals surface area contributed by atoms with E-state index in [2.05, 4.69) is 4.72 Å². The van der Waals surface area contributed by atoms with E-state index in [1.165, 1.54) is 24.3 Å². The van der Waals surface area contributed by atoms with Gasteiger partial charge in [-0.15, -0.1) is 0 Å². The lowest BCUT2D eigenvalue weighted by Crippen LogP contribution is -2.27. The third kappa shape index (κ3) is 5.37. The molecular weight excluding hydrogens is 270 g/mol. The zero-order chi connectivity index (χ0) is 14.3. The molecule has 0 aliphatic heterocycles. The van der Waals surface area contributed by atoms with Crippen molar-refractivity contribution in [1.82, 2.24) is 4.72 Å². The van der Waals surface area contributed by atoms with E-state index in [4.69, 9.17) is 9.84 Å². The van der Waals surface area contributed by atoms with Crippen molar-refractivity contribution in [3.8, 4) is 0 Å². The molecule has 0 aliphatic carbocycles. The first-order valence-corrected chi connectivity index (χ1v) is 7.32. The van der Waals surface area contributed by atoms with Crippen LogP contribution in [-0.2, 0) is 26.0 Å². The molecule has 0 aliphatic rings. The average Bonchev–Trinajstić information content (AvgIpc) is 2.35. The van der Waals surface area contributed by atoms with Crippen LogP contribution in [0.3, 0.4) is 0 Å². The summed E-state index contributed by atoms with van der Waals surface area (Å²) >= 11 is 0.